The third kappa shape index (κ3) is 2.09. The molecule has 6 nitrogen and oxygen atoms in total. The van der Waals surface area contributed by atoms with Gasteiger partial charge in [0.05, 0.1) is 7.11 Å². The van der Waals surface area contributed by atoms with Gasteiger partial charge in [-0.3, -0.25) is 9.63 Å². The Kier molecular flexibility index (Phi) is 3.50. The van der Waals surface area contributed by atoms with Gasteiger partial charge < -0.3 is 10.4 Å². The number of hydrogen-bond donors (Lipinski definition) is 3. The molecule has 0 aromatic rings. The fourth-order valence-electron chi connectivity index (χ4n) is 3.94. The van der Waals surface area contributed by atoms with Crippen molar-refractivity contribution in [3.05, 3.63) is 33.9 Å². The molecule has 0 aromatic heterocycles. The van der Waals surface area contributed by atoms with Gasteiger partial charge in [-0.2, -0.15) is 0 Å². The Balaban J connectivity index is 1.96. The minimum atomic E-state index is -1.34. The highest BCUT2D eigenvalue weighted by Gasteiger charge is 2.64. The molecular formula is C17H22N2O4. The molecule has 0 heterocycles. The van der Waals surface area contributed by atoms with Crippen LogP contribution in [-0.4, -0.2) is 36.2 Å². The Morgan fingerprint density at radius 1 is 1.39 bits per heavy atom. The highest BCUT2D eigenvalue weighted by atomic mass is 16.6. The normalized spacial score (nSPS) is 28.0. The van der Waals surface area contributed by atoms with Gasteiger partial charge in [-0.05, 0) is 56.4 Å². The van der Waals surface area contributed by atoms with Crippen LogP contribution >= 0.6 is 0 Å². The molecule has 0 radical (unpaired) electrons. The standard InChI is InChI=1S/C17H22N2O4/c1-9-7-11-13(12(9)8-18-15(21)19-23-4)10(2)17(5-6-17)16(3,22)14(11)20/h7,22H,5-6,8H2,1-4H3,(H2,18,19,21)/t16-/m0/s1. The van der Waals surface area contributed by atoms with E-state index in [4.69, 9.17) is 0 Å². The molecule has 0 aromatic carbocycles. The van der Waals surface area contributed by atoms with Gasteiger partial charge >= 0.3 is 6.03 Å². The topological polar surface area (TPSA) is 87.7 Å². The van der Waals surface area contributed by atoms with Gasteiger partial charge in [0.15, 0.2) is 5.78 Å². The first-order valence-corrected chi connectivity index (χ1v) is 7.74. The number of hydroxylamine groups is 1. The third-order valence-corrected chi connectivity index (χ3v) is 5.49. The fourth-order valence-corrected chi connectivity index (χ4v) is 3.94. The molecule has 0 saturated heterocycles. The van der Waals surface area contributed by atoms with E-state index in [0.29, 0.717) is 12.1 Å². The summed E-state index contributed by atoms with van der Waals surface area (Å²) in [5.74, 6) is -0.216. The number of hydrogen-bond acceptors (Lipinski definition) is 4. The van der Waals surface area contributed by atoms with Crippen molar-refractivity contribution in [1.29, 1.82) is 0 Å². The smallest absolute Gasteiger partial charge is 0.338 e. The molecule has 0 bridgehead atoms. The Labute approximate surface area is 135 Å². The first-order valence-electron chi connectivity index (χ1n) is 7.74. The molecular weight excluding hydrogens is 296 g/mol. The number of carbonyl (C=O) groups is 2. The lowest BCUT2D eigenvalue weighted by Crippen LogP contribution is -2.49. The van der Waals surface area contributed by atoms with Crippen molar-refractivity contribution in [1.82, 2.24) is 10.8 Å². The van der Waals surface area contributed by atoms with Gasteiger partial charge in [0.25, 0.3) is 0 Å². The lowest BCUT2D eigenvalue weighted by atomic mass is 9.67. The number of Topliss-reactive ketones (excluding diaryl/α,β-unsaturated/α-hetero) is 1. The minimum Gasteiger partial charge on any atom is -0.381 e. The average Bonchev–Trinajstić information content (AvgIpc) is 3.23. The molecule has 3 rings (SSSR count). The molecule has 1 atom stereocenters. The quantitative estimate of drug-likeness (QED) is 0.689. The van der Waals surface area contributed by atoms with Crippen molar-refractivity contribution in [2.75, 3.05) is 13.7 Å². The first kappa shape index (κ1) is 16.0. The second-order valence-electron chi connectivity index (χ2n) is 6.69. The molecule has 2 amide bonds. The minimum absolute atomic E-state index is 0.216. The summed E-state index contributed by atoms with van der Waals surface area (Å²) in [6, 6.07) is -0.435. The lowest BCUT2D eigenvalue weighted by Gasteiger charge is -2.39. The zero-order chi connectivity index (χ0) is 17.0. The summed E-state index contributed by atoms with van der Waals surface area (Å²) in [7, 11) is 1.37. The molecule has 6 heteroatoms. The Hall–Kier alpha value is -1.92. The highest BCUT2D eigenvalue weighted by molar-refractivity contribution is 6.10. The highest BCUT2D eigenvalue weighted by Crippen LogP contribution is 2.64. The monoisotopic (exact) mass is 318 g/mol. The fraction of sp³-hybridized carbons (Fsp3) is 0.529. The summed E-state index contributed by atoms with van der Waals surface area (Å²) in [5, 5.41) is 13.5. The van der Waals surface area contributed by atoms with Gasteiger partial charge in [-0.25, -0.2) is 10.3 Å². The summed E-state index contributed by atoms with van der Waals surface area (Å²) >= 11 is 0. The number of carbonyl (C=O) groups excluding carboxylic acids is 2. The van der Waals surface area contributed by atoms with Crippen molar-refractivity contribution in [2.24, 2.45) is 5.41 Å². The van der Waals surface area contributed by atoms with Crippen LogP contribution in [0.15, 0.2) is 33.9 Å². The molecule has 1 saturated carbocycles. The number of rotatable bonds is 3. The van der Waals surface area contributed by atoms with E-state index in [-0.39, 0.29) is 5.78 Å². The zero-order valence-electron chi connectivity index (χ0n) is 13.9. The number of ketones is 1. The maximum Gasteiger partial charge on any atom is 0.338 e. The van der Waals surface area contributed by atoms with Crippen LogP contribution in [0.4, 0.5) is 4.79 Å². The van der Waals surface area contributed by atoms with E-state index in [2.05, 4.69) is 15.6 Å². The van der Waals surface area contributed by atoms with Crippen molar-refractivity contribution in [3.8, 4) is 0 Å². The second kappa shape index (κ2) is 5.04. The molecule has 3 aliphatic carbocycles. The van der Waals surface area contributed by atoms with Crippen molar-refractivity contribution < 1.29 is 19.5 Å². The lowest BCUT2D eigenvalue weighted by molar-refractivity contribution is -0.137. The zero-order valence-corrected chi connectivity index (χ0v) is 13.9. The summed E-state index contributed by atoms with van der Waals surface area (Å²) in [5.41, 5.74) is 4.80. The van der Waals surface area contributed by atoms with Crippen LogP contribution in [-0.2, 0) is 9.63 Å². The molecule has 3 N–H and O–H groups in total. The summed E-state index contributed by atoms with van der Waals surface area (Å²) < 4.78 is 0. The maximum absolute atomic E-state index is 12.8. The van der Waals surface area contributed by atoms with Crippen molar-refractivity contribution in [2.45, 2.75) is 39.2 Å². The summed E-state index contributed by atoms with van der Waals surface area (Å²) in [6.45, 7) is 5.84. The Bertz CT molecular complexity index is 693. The Morgan fingerprint density at radius 3 is 2.61 bits per heavy atom. The molecule has 1 spiro atoms. The van der Waals surface area contributed by atoms with Crippen molar-refractivity contribution >= 4 is 11.8 Å². The van der Waals surface area contributed by atoms with E-state index in [0.717, 1.165) is 35.1 Å². The van der Waals surface area contributed by atoms with Crippen LogP contribution < -0.4 is 10.8 Å². The van der Waals surface area contributed by atoms with Gasteiger partial charge in [-0.15, -0.1) is 0 Å². The van der Waals surface area contributed by atoms with Crippen LogP contribution in [0.2, 0.25) is 0 Å². The SMILES string of the molecule is CONC(=O)NCC1=C(C)C=C2C(=O)[C@](C)(O)C3(CC3)C(C)=C21. The number of allylic oxidation sites excluding steroid dienone is 2. The number of aliphatic hydroxyl groups is 1. The summed E-state index contributed by atoms with van der Waals surface area (Å²) in [4.78, 5) is 28.9. The predicted octanol–water partition coefficient (Wildman–Crippen LogP) is 1.53. The van der Waals surface area contributed by atoms with Gasteiger partial charge in [0.1, 0.15) is 5.60 Å². The summed E-state index contributed by atoms with van der Waals surface area (Å²) in [6.07, 6.45) is 3.45. The van der Waals surface area contributed by atoms with Gasteiger partial charge in [0.2, 0.25) is 0 Å². The molecule has 3 aliphatic rings. The van der Waals surface area contributed by atoms with Crippen LogP contribution in [0.3, 0.4) is 0 Å². The van der Waals surface area contributed by atoms with Crippen LogP contribution in [0.25, 0.3) is 0 Å². The van der Waals surface area contributed by atoms with E-state index in [1.165, 1.54) is 7.11 Å². The van der Waals surface area contributed by atoms with E-state index >= 15 is 0 Å². The van der Waals surface area contributed by atoms with Crippen molar-refractivity contribution in [3.63, 3.8) is 0 Å². The van der Waals surface area contributed by atoms with E-state index in [1.807, 2.05) is 19.9 Å². The number of fused-ring (bicyclic) bond motifs is 1. The molecule has 124 valence electrons. The largest absolute Gasteiger partial charge is 0.381 e. The van der Waals surface area contributed by atoms with Gasteiger partial charge in [0, 0.05) is 17.5 Å². The number of urea groups is 1. The molecule has 1 fully saturated rings. The Morgan fingerprint density at radius 2 is 2.04 bits per heavy atom. The molecule has 0 aliphatic heterocycles. The average molecular weight is 318 g/mol. The van der Waals surface area contributed by atoms with Crippen LogP contribution in [0.1, 0.15) is 33.6 Å². The maximum atomic E-state index is 12.8. The van der Waals surface area contributed by atoms with Crippen LogP contribution in [0, 0.1) is 5.41 Å². The second-order valence-corrected chi connectivity index (χ2v) is 6.69. The first-order chi connectivity index (χ1) is 10.8. The predicted molar refractivity (Wildman–Crippen MR) is 84.3 cm³/mol. The van der Waals surface area contributed by atoms with E-state index in [1.54, 1.807) is 6.92 Å². The van der Waals surface area contributed by atoms with E-state index < -0.39 is 17.0 Å². The molecule has 23 heavy (non-hydrogen) atoms. The van der Waals surface area contributed by atoms with Crippen LogP contribution in [0.5, 0.6) is 0 Å². The number of nitrogens with one attached hydrogen (secondary N) is 2. The third-order valence-electron chi connectivity index (χ3n) is 5.49. The number of amides is 2. The molecule has 0 unspecified atom stereocenters. The van der Waals surface area contributed by atoms with E-state index in [9.17, 15) is 14.7 Å². The van der Waals surface area contributed by atoms with Gasteiger partial charge in [-0.1, -0.05) is 5.57 Å².